The number of rotatable bonds is 7. The lowest BCUT2D eigenvalue weighted by molar-refractivity contribution is 0.414. The molecule has 2 aromatic rings. The number of aromatic amines is 1. The van der Waals surface area contributed by atoms with Crippen molar-refractivity contribution in [3.05, 3.63) is 29.8 Å². The molecule has 0 spiro atoms. The second kappa shape index (κ2) is 7.68. The van der Waals surface area contributed by atoms with E-state index in [4.69, 9.17) is 4.74 Å². The number of nitrogens with zero attached hydrogens (tertiary/aromatic N) is 3. The van der Waals surface area contributed by atoms with E-state index in [0.717, 1.165) is 34.4 Å². The van der Waals surface area contributed by atoms with Crippen LogP contribution in [0.5, 0.6) is 5.75 Å². The van der Waals surface area contributed by atoms with Crippen molar-refractivity contribution >= 4 is 23.4 Å². The monoisotopic (exact) mass is 305 g/mol. The van der Waals surface area contributed by atoms with Crippen LogP contribution in [-0.4, -0.2) is 33.8 Å². The number of hydrazone groups is 1. The Labute approximate surface area is 128 Å². The number of anilines is 1. The van der Waals surface area contributed by atoms with Gasteiger partial charge in [0.15, 0.2) is 0 Å². The van der Waals surface area contributed by atoms with Gasteiger partial charge in [-0.15, -0.1) is 5.10 Å². The minimum Gasteiger partial charge on any atom is -0.497 e. The molecule has 1 aromatic carbocycles. The second-order valence-electron chi connectivity index (χ2n) is 4.36. The molecule has 0 aliphatic rings. The van der Waals surface area contributed by atoms with E-state index in [0.29, 0.717) is 5.95 Å². The molecule has 2 rings (SSSR count). The Kier molecular flexibility index (Phi) is 5.62. The smallest absolute Gasteiger partial charge is 0.240 e. The number of benzene rings is 1. The molecule has 0 radical (unpaired) electrons. The number of thioether (sulfide) groups is 1. The van der Waals surface area contributed by atoms with Crippen LogP contribution in [0.2, 0.25) is 0 Å². The van der Waals surface area contributed by atoms with E-state index < -0.39 is 0 Å². The van der Waals surface area contributed by atoms with Gasteiger partial charge in [0.25, 0.3) is 0 Å². The zero-order valence-electron chi connectivity index (χ0n) is 12.4. The lowest BCUT2D eigenvalue weighted by Crippen LogP contribution is -2.01. The molecule has 0 fully saturated rings. The summed E-state index contributed by atoms with van der Waals surface area (Å²) in [7, 11) is 1.65. The van der Waals surface area contributed by atoms with Gasteiger partial charge in [-0.25, -0.2) is 10.5 Å². The third kappa shape index (κ3) is 4.49. The molecule has 112 valence electrons. The standard InChI is InChI=1S/C14H19N5OS/c1-4-8-21-14-15-13(18-19-14)17-16-10(2)11-6-5-7-12(9-11)20-3/h5-7,9H,4,8H2,1-3H3,(H2,15,17,18,19)/b16-10-. The van der Waals surface area contributed by atoms with Crippen LogP contribution in [-0.2, 0) is 0 Å². The highest BCUT2D eigenvalue weighted by Crippen LogP contribution is 2.15. The number of ether oxygens (including phenoxy) is 1. The number of nitrogens with one attached hydrogen (secondary N) is 2. The van der Waals surface area contributed by atoms with Crippen LogP contribution in [0.4, 0.5) is 5.95 Å². The fourth-order valence-corrected chi connectivity index (χ4v) is 2.26. The Morgan fingerprint density at radius 1 is 1.48 bits per heavy atom. The number of aromatic nitrogens is 3. The lowest BCUT2D eigenvalue weighted by atomic mass is 10.1. The highest BCUT2D eigenvalue weighted by molar-refractivity contribution is 7.99. The summed E-state index contributed by atoms with van der Waals surface area (Å²) in [6.07, 6.45) is 1.09. The van der Waals surface area contributed by atoms with Gasteiger partial charge in [-0.05, 0) is 25.5 Å². The van der Waals surface area contributed by atoms with E-state index in [1.165, 1.54) is 0 Å². The van der Waals surface area contributed by atoms with Crippen LogP contribution in [0, 0.1) is 0 Å². The average Bonchev–Trinajstić information content (AvgIpc) is 2.98. The predicted molar refractivity (Wildman–Crippen MR) is 86.2 cm³/mol. The van der Waals surface area contributed by atoms with E-state index in [1.807, 2.05) is 31.2 Å². The van der Waals surface area contributed by atoms with Crippen LogP contribution in [0.1, 0.15) is 25.8 Å². The van der Waals surface area contributed by atoms with Gasteiger partial charge in [0, 0.05) is 11.3 Å². The Morgan fingerprint density at radius 3 is 3.10 bits per heavy atom. The second-order valence-corrected chi connectivity index (χ2v) is 5.42. The Balaban J connectivity index is 2.00. The van der Waals surface area contributed by atoms with Crippen molar-refractivity contribution in [3.8, 4) is 5.75 Å². The van der Waals surface area contributed by atoms with Crippen LogP contribution >= 0.6 is 11.8 Å². The fraction of sp³-hybridized carbons (Fsp3) is 0.357. The summed E-state index contributed by atoms with van der Waals surface area (Å²) in [4.78, 5) is 4.30. The molecule has 0 bridgehead atoms. The van der Waals surface area contributed by atoms with E-state index in [9.17, 15) is 0 Å². The Hall–Kier alpha value is -2.02. The number of H-pyrrole nitrogens is 1. The molecular weight excluding hydrogens is 286 g/mol. The van der Waals surface area contributed by atoms with Crippen LogP contribution in [0.3, 0.4) is 0 Å². The molecule has 0 aliphatic carbocycles. The summed E-state index contributed by atoms with van der Waals surface area (Å²) in [5.41, 5.74) is 4.71. The topological polar surface area (TPSA) is 75.2 Å². The molecular formula is C14H19N5OS. The van der Waals surface area contributed by atoms with Crippen molar-refractivity contribution in [2.45, 2.75) is 25.4 Å². The van der Waals surface area contributed by atoms with Gasteiger partial charge in [-0.1, -0.05) is 30.8 Å². The summed E-state index contributed by atoms with van der Waals surface area (Å²) in [6.45, 7) is 4.05. The van der Waals surface area contributed by atoms with Gasteiger partial charge >= 0.3 is 0 Å². The van der Waals surface area contributed by atoms with E-state index in [1.54, 1.807) is 18.9 Å². The average molecular weight is 305 g/mol. The van der Waals surface area contributed by atoms with Crippen LogP contribution in [0.15, 0.2) is 34.5 Å². The normalized spacial score (nSPS) is 11.5. The van der Waals surface area contributed by atoms with Gasteiger partial charge in [-0.3, -0.25) is 0 Å². The summed E-state index contributed by atoms with van der Waals surface area (Å²) < 4.78 is 5.20. The van der Waals surface area contributed by atoms with Crippen molar-refractivity contribution in [1.82, 2.24) is 15.2 Å². The highest BCUT2D eigenvalue weighted by Gasteiger charge is 2.03. The third-order valence-electron chi connectivity index (χ3n) is 2.72. The van der Waals surface area contributed by atoms with Crippen molar-refractivity contribution in [1.29, 1.82) is 0 Å². The molecule has 0 saturated carbocycles. The van der Waals surface area contributed by atoms with Crippen LogP contribution < -0.4 is 10.2 Å². The molecule has 1 aromatic heterocycles. The predicted octanol–water partition coefficient (Wildman–Crippen LogP) is 3.15. The van der Waals surface area contributed by atoms with Crippen LogP contribution in [0.25, 0.3) is 0 Å². The zero-order valence-corrected chi connectivity index (χ0v) is 13.2. The summed E-state index contributed by atoms with van der Waals surface area (Å²) in [5.74, 6) is 2.35. The lowest BCUT2D eigenvalue weighted by Gasteiger charge is -2.04. The molecule has 21 heavy (non-hydrogen) atoms. The zero-order chi connectivity index (χ0) is 15.1. The molecule has 7 heteroatoms. The van der Waals surface area contributed by atoms with Crippen molar-refractivity contribution in [2.75, 3.05) is 18.3 Å². The minimum atomic E-state index is 0.538. The summed E-state index contributed by atoms with van der Waals surface area (Å²) >= 11 is 1.62. The molecule has 0 amide bonds. The molecule has 0 saturated heterocycles. The third-order valence-corrected chi connectivity index (χ3v) is 3.77. The van der Waals surface area contributed by atoms with Crippen molar-refractivity contribution in [3.63, 3.8) is 0 Å². The fourth-order valence-electron chi connectivity index (χ4n) is 1.60. The molecule has 0 unspecified atom stereocenters. The number of hydrogen-bond acceptors (Lipinski definition) is 6. The quantitative estimate of drug-likeness (QED) is 0.467. The first-order valence-electron chi connectivity index (χ1n) is 6.73. The van der Waals surface area contributed by atoms with E-state index >= 15 is 0 Å². The summed E-state index contributed by atoms with van der Waals surface area (Å²) in [5, 5.41) is 12.0. The molecule has 0 aliphatic heterocycles. The molecule has 2 N–H and O–H groups in total. The van der Waals surface area contributed by atoms with E-state index in [-0.39, 0.29) is 0 Å². The largest absolute Gasteiger partial charge is 0.497 e. The first-order chi connectivity index (χ1) is 10.2. The summed E-state index contributed by atoms with van der Waals surface area (Å²) in [6, 6.07) is 7.74. The number of methoxy groups -OCH3 is 1. The molecule has 1 heterocycles. The minimum absolute atomic E-state index is 0.538. The Morgan fingerprint density at radius 2 is 2.33 bits per heavy atom. The maximum Gasteiger partial charge on any atom is 0.240 e. The SMILES string of the molecule is CCCSc1n[nH]c(N/N=C(/C)c2cccc(OC)c2)n1. The maximum atomic E-state index is 5.20. The van der Waals surface area contributed by atoms with Gasteiger partial charge in [0.1, 0.15) is 5.75 Å². The molecule has 6 nitrogen and oxygen atoms in total. The van der Waals surface area contributed by atoms with Gasteiger partial charge in [0.2, 0.25) is 11.1 Å². The number of hydrogen-bond donors (Lipinski definition) is 2. The Bertz CT molecular complexity index is 611. The molecule has 0 atom stereocenters. The van der Waals surface area contributed by atoms with Gasteiger partial charge < -0.3 is 4.74 Å². The first-order valence-corrected chi connectivity index (χ1v) is 7.71. The van der Waals surface area contributed by atoms with Crippen molar-refractivity contribution < 1.29 is 4.74 Å². The van der Waals surface area contributed by atoms with Crippen molar-refractivity contribution in [2.24, 2.45) is 5.10 Å². The van der Waals surface area contributed by atoms with Gasteiger partial charge in [0.05, 0.1) is 12.8 Å². The first kappa shape index (κ1) is 15.4. The van der Waals surface area contributed by atoms with Gasteiger partial charge in [-0.2, -0.15) is 10.1 Å². The maximum absolute atomic E-state index is 5.20. The highest BCUT2D eigenvalue weighted by atomic mass is 32.2. The van der Waals surface area contributed by atoms with E-state index in [2.05, 4.69) is 32.6 Å².